The van der Waals surface area contributed by atoms with E-state index in [0.29, 0.717) is 18.1 Å². The number of aryl methyl sites for hydroxylation is 1. The van der Waals surface area contributed by atoms with Crippen molar-refractivity contribution in [1.29, 1.82) is 0 Å². The summed E-state index contributed by atoms with van der Waals surface area (Å²) in [5, 5.41) is 16.6. The lowest BCUT2D eigenvalue weighted by Crippen LogP contribution is -2.28. The van der Waals surface area contributed by atoms with E-state index >= 15 is 0 Å². The van der Waals surface area contributed by atoms with Gasteiger partial charge >= 0.3 is 6.09 Å². The number of ether oxygens (including phenoxy) is 1. The Balaban J connectivity index is 1.53. The second-order valence-electron chi connectivity index (χ2n) is 6.47. The van der Waals surface area contributed by atoms with Crippen molar-refractivity contribution < 1.29 is 14.3 Å². The third kappa shape index (κ3) is 4.22. The molecule has 0 aliphatic heterocycles. The van der Waals surface area contributed by atoms with Crippen LogP contribution in [-0.2, 0) is 11.8 Å². The molecule has 2 amide bonds. The predicted octanol–water partition coefficient (Wildman–Crippen LogP) is 2.17. The van der Waals surface area contributed by atoms with Gasteiger partial charge in [-0.25, -0.2) is 4.79 Å². The summed E-state index contributed by atoms with van der Waals surface area (Å²) in [5.74, 6) is 0.438. The zero-order valence-electron chi connectivity index (χ0n) is 15.0. The summed E-state index contributed by atoms with van der Waals surface area (Å²) in [5.41, 5.74) is 1.40. The highest BCUT2D eigenvalue weighted by Crippen LogP contribution is 2.35. The number of hydrogen-bond acceptors (Lipinski definition) is 5. The Morgan fingerprint density at radius 1 is 1.42 bits per heavy atom. The second kappa shape index (κ2) is 8.03. The monoisotopic (exact) mass is 360 g/mol. The molecule has 2 atom stereocenters. The van der Waals surface area contributed by atoms with Gasteiger partial charge in [0.2, 0.25) is 0 Å². The fraction of sp³-hybridized carbons (Fsp3) is 0.529. The Hall–Kier alpha value is -2.84. The molecule has 9 heteroatoms. The number of carbonyl (C=O) groups is 2. The van der Waals surface area contributed by atoms with Gasteiger partial charge in [0.1, 0.15) is 11.8 Å². The van der Waals surface area contributed by atoms with Crippen LogP contribution < -0.4 is 10.6 Å². The molecule has 0 bridgehead atoms. The number of amides is 2. The molecule has 1 aliphatic rings. The first-order chi connectivity index (χ1) is 12.6. The van der Waals surface area contributed by atoms with E-state index in [0.717, 1.165) is 31.4 Å². The summed E-state index contributed by atoms with van der Waals surface area (Å²) in [7, 11) is 1.71. The molecule has 0 radical (unpaired) electrons. The highest BCUT2D eigenvalue weighted by atomic mass is 16.6. The lowest BCUT2D eigenvalue weighted by Gasteiger charge is -2.12. The molecule has 1 aliphatic carbocycles. The summed E-state index contributed by atoms with van der Waals surface area (Å²) >= 11 is 0. The Bertz CT molecular complexity index is 768. The summed E-state index contributed by atoms with van der Waals surface area (Å²) in [6, 6.07) is 3.48. The fourth-order valence-electron chi connectivity index (χ4n) is 3.14. The number of alkyl carbamates (subject to hydrolysis) is 1. The van der Waals surface area contributed by atoms with Gasteiger partial charge in [-0.05, 0) is 31.7 Å². The highest BCUT2D eigenvalue weighted by molar-refractivity contribution is 6.02. The van der Waals surface area contributed by atoms with Crippen LogP contribution in [0, 0.1) is 0 Å². The van der Waals surface area contributed by atoms with Crippen LogP contribution >= 0.6 is 0 Å². The normalized spacial score (nSPS) is 19.3. The standard InChI is InChI=1S/C17H24N6O3/c1-3-7-18-17(25)26-12-5-4-11(9-12)13-10-15(22-21-13)20-16(24)14-6-8-19-23(14)2/h6,8,10-12H,3-5,7,9H2,1-2H3,(H,18,25)(H2,20,21,22,24)/t11-,12+/m1/s1. The maximum atomic E-state index is 12.2. The number of anilines is 1. The van der Waals surface area contributed by atoms with E-state index in [-0.39, 0.29) is 24.0 Å². The van der Waals surface area contributed by atoms with E-state index in [4.69, 9.17) is 4.74 Å². The number of H-pyrrole nitrogens is 1. The lowest BCUT2D eigenvalue weighted by atomic mass is 10.0. The van der Waals surface area contributed by atoms with Gasteiger partial charge in [-0.15, -0.1) is 0 Å². The summed E-state index contributed by atoms with van der Waals surface area (Å²) < 4.78 is 6.94. The maximum Gasteiger partial charge on any atom is 0.407 e. The minimum atomic E-state index is -0.355. The van der Waals surface area contributed by atoms with Crippen molar-refractivity contribution in [3.63, 3.8) is 0 Å². The Morgan fingerprint density at radius 3 is 3.00 bits per heavy atom. The smallest absolute Gasteiger partial charge is 0.407 e. The molecule has 1 saturated carbocycles. The number of nitrogens with zero attached hydrogens (tertiary/aromatic N) is 3. The summed E-state index contributed by atoms with van der Waals surface area (Å²) in [6.45, 7) is 2.62. The molecular weight excluding hydrogens is 336 g/mol. The summed E-state index contributed by atoms with van der Waals surface area (Å²) in [4.78, 5) is 23.9. The van der Waals surface area contributed by atoms with Crippen LogP contribution in [0.2, 0.25) is 0 Å². The first kappa shape index (κ1) is 18.0. The van der Waals surface area contributed by atoms with Gasteiger partial charge in [0, 0.05) is 37.5 Å². The van der Waals surface area contributed by atoms with E-state index in [1.165, 1.54) is 4.68 Å². The molecule has 140 valence electrons. The Labute approximate surface area is 151 Å². The number of carbonyl (C=O) groups excluding carboxylic acids is 2. The number of aromatic nitrogens is 4. The van der Waals surface area contributed by atoms with E-state index in [1.807, 2.05) is 13.0 Å². The van der Waals surface area contributed by atoms with Gasteiger partial charge in [0.25, 0.3) is 5.91 Å². The van der Waals surface area contributed by atoms with E-state index in [9.17, 15) is 9.59 Å². The van der Waals surface area contributed by atoms with Gasteiger partial charge in [-0.3, -0.25) is 14.6 Å². The van der Waals surface area contributed by atoms with Gasteiger partial charge in [0.15, 0.2) is 5.82 Å². The van der Waals surface area contributed by atoms with Crippen LogP contribution in [0.1, 0.15) is 54.7 Å². The average Bonchev–Trinajstić information content (AvgIpc) is 3.34. The predicted molar refractivity (Wildman–Crippen MR) is 94.9 cm³/mol. The molecule has 3 N–H and O–H groups in total. The Morgan fingerprint density at radius 2 is 2.27 bits per heavy atom. The van der Waals surface area contributed by atoms with Crippen LogP contribution in [0.15, 0.2) is 18.3 Å². The average molecular weight is 360 g/mol. The maximum absolute atomic E-state index is 12.2. The van der Waals surface area contributed by atoms with Crippen LogP contribution in [-0.4, -0.2) is 44.6 Å². The topological polar surface area (TPSA) is 114 Å². The molecule has 9 nitrogen and oxygen atoms in total. The van der Waals surface area contributed by atoms with Crippen LogP contribution in [0.4, 0.5) is 10.6 Å². The molecule has 2 heterocycles. The van der Waals surface area contributed by atoms with Crippen LogP contribution in [0.25, 0.3) is 0 Å². The Kier molecular flexibility index (Phi) is 5.55. The zero-order chi connectivity index (χ0) is 18.5. The van der Waals surface area contributed by atoms with E-state index in [1.54, 1.807) is 19.3 Å². The summed E-state index contributed by atoms with van der Waals surface area (Å²) in [6.07, 6.45) is 4.48. The molecule has 3 rings (SSSR count). The molecule has 2 aromatic rings. The molecule has 26 heavy (non-hydrogen) atoms. The van der Waals surface area contributed by atoms with Gasteiger partial charge in [-0.1, -0.05) is 6.92 Å². The molecule has 2 aromatic heterocycles. The van der Waals surface area contributed by atoms with E-state index in [2.05, 4.69) is 25.9 Å². The van der Waals surface area contributed by atoms with Crippen molar-refractivity contribution in [3.8, 4) is 0 Å². The highest BCUT2D eigenvalue weighted by Gasteiger charge is 2.30. The largest absolute Gasteiger partial charge is 0.446 e. The molecule has 1 fully saturated rings. The molecular formula is C17H24N6O3. The van der Waals surface area contributed by atoms with Crippen molar-refractivity contribution in [3.05, 3.63) is 29.7 Å². The minimum Gasteiger partial charge on any atom is -0.446 e. The number of hydrogen-bond donors (Lipinski definition) is 3. The lowest BCUT2D eigenvalue weighted by molar-refractivity contribution is 0.0997. The first-order valence-electron chi connectivity index (χ1n) is 8.86. The number of aromatic amines is 1. The van der Waals surface area contributed by atoms with Crippen LogP contribution in [0.5, 0.6) is 0 Å². The molecule has 0 spiro atoms. The van der Waals surface area contributed by atoms with Gasteiger partial charge in [0.05, 0.1) is 0 Å². The van der Waals surface area contributed by atoms with Gasteiger partial charge < -0.3 is 15.4 Å². The zero-order valence-corrected chi connectivity index (χ0v) is 15.0. The van der Waals surface area contributed by atoms with E-state index < -0.39 is 0 Å². The molecule has 0 unspecified atom stereocenters. The van der Waals surface area contributed by atoms with Gasteiger partial charge in [-0.2, -0.15) is 10.2 Å². The van der Waals surface area contributed by atoms with Crippen molar-refractivity contribution in [2.45, 2.75) is 44.6 Å². The second-order valence-corrected chi connectivity index (χ2v) is 6.47. The minimum absolute atomic E-state index is 0.0901. The SMILES string of the molecule is CCCNC(=O)O[C@H]1CC[C@@H](c2cc(NC(=O)c3ccnn3C)n[nH]2)C1. The third-order valence-corrected chi connectivity index (χ3v) is 4.51. The number of nitrogens with one attached hydrogen (secondary N) is 3. The van der Waals surface area contributed by atoms with Crippen LogP contribution in [0.3, 0.4) is 0 Å². The third-order valence-electron chi connectivity index (χ3n) is 4.51. The van der Waals surface area contributed by atoms with Crippen molar-refractivity contribution in [1.82, 2.24) is 25.3 Å². The van der Waals surface area contributed by atoms with Crippen molar-refractivity contribution in [2.75, 3.05) is 11.9 Å². The number of rotatable bonds is 6. The quantitative estimate of drug-likeness (QED) is 0.730. The molecule has 0 aromatic carbocycles. The molecule has 0 saturated heterocycles. The fourth-order valence-corrected chi connectivity index (χ4v) is 3.14. The van der Waals surface area contributed by atoms with Crippen molar-refractivity contribution >= 4 is 17.8 Å². The van der Waals surface area contributed by atoms with Crippen molar-refractivity contribution in [2.24, 2.45) is 7.05 Å². The first-order valence-corrected chi connectivity index (χ1v) is 8.86.